The monoisotopic (exact) mass is 421 g/mol. The topological polar surface area (TPSA) is 103 Å². The van der Waals surface area contributed by atoms with Crippen LogP contribution in [0.4, 0.5) is 11.4 Å². The molecule has 1 aliphatic heterocycles. The highest BCUT2D eigenvalue weighted by atomic mass is 16.5. The van der Waals surface area contributed by atoms with Crippen molar-refractivity contribution in [3.8, 4) is 22.8 Å². The Morgan fingerprint density at radius 3 is 2.61 bits per heavy atom. The van der Waals surface area contributed by atoms with Crippen molar-refractivity contribution >= 4 is 17.3 Å². The summed E-state index contributed by atoms with van der Waals surface area (Å²) < 4.78 is 16.2. The molecule has 0 bridgehead atoms. The zero-order valence-corrected chi connectivity index (χ0v) is 17.5. The maximum absolute atomic E-state index is 12.0. The van der Waals surface area contributed by atoms with Gasteiger partial charge in [-0.1, -0.05) is 12.1 Å². The molecule has 0 fully saturated rings. The zero-order valence-electron chi connectivity index (χ0n) is 17.5. The Hall–Kier alpha value is -3.85. The van der Waals surface area contributed by atoms with Gasteiger partial charge in [-0.3, -0.25) is 9.99 Å². The second-order valence-electron chi connectivity index (χ2n) is 7.03. The largest absolute Gasteiger partial charge is 0.497 e. The normalized spacial score (nSPS) is 12.5. The molecule has 9 nitrogen and oxygen atoms in total. The fraction of sp³-hybridized carbons (Fsp3) is 0.227. The summed E-state index contributed by atoms with van der Waals surface area (Å²) in [5.74, 6) is 7.08. The molecule has 160 valence electrons. The van der Waals surface area contributed by atoms with Gasteiger partial charge in [-0.25, -0.2) is 15.6 Å². The van der Waals surface area contributed by atoms with Crippen molar-refractivity contribution in [2.75, 3.05) is 37.8 Å². The Morgan fingerprint density at radius 2 is 1.90 bits per heavy atom. The first-order valence-electron chi connectivity index (χ1n) is 9.58. The number of benzene rings is 2. The molecule has 1 aliphatic rings. The Morgan fingerprint density at radius 1 is 1.13 bits per heavy atom. The second kappa shape index (κ2) is 8.49. The van der Waals surface area contributed by atoms with E-state index in [1.807, 2.05) is 48.3 Å². The number of carbonyl (C=O) groups is 1. The van der Waals surface area contributed by atoms with E-state index in [1.165, 1.54) is 13.3 Å². The average molecular weight is 421 g/mol. The molecule has 2 aromatic carbocycles. The Kier molecular flexibility index (Phi) is 5.59. The predicted octanol–water partition coefficient (Wildman–Crippen LogP) is 2.61. The second-order valence-corrected chi connectivity index (χ2v) is 7.03. The van der Waals surface area contributed by atoms with Gasteiger partial charge in [0.1, 0.15) is 24.8 Å². The number of methoxy groups -OCH3 is 2. The van der Waals surface area contributed by atoms with Crippen molar-refractivity contribution in [3.63, 3.8) is 0 Å². The summed E-state index contributed by atoms with van der Waals surface area (Å²) in [7, 11) is 4.88. The van der Waals surface area contributed by atoms with Gasteiger partial charge in [-0.05, 0) is 29.8 Å². The molecule has 0 spiro atoms. The van der Waals surface area contributed by atoms with Crippen molar-refractivity contribution in [1.82, 2.24) is 9.97 Å². The van der Waals surface area contributed by atoms with Crippen molar-refractivity contribution in [2.45, 2.75) is 6.61 Å². The molecule has 2 N–H and O–H groups in total. The summed E-state index contributed by atoms with van der Waals surface area (Å²) >= 11 is 0. The molecule has 0 aliphatic carbocycles. The Balaban J connectivity index is 1.75. The minimum atomic E-state index is -0.565. The van der Waals surface area contributed by atoms with Crippen molar-refractivity contribution in [1.29, 1.82) is 0 Å². The van der Waals surface area contributed by atoms with Crippen LogP contribution in [0.3, 0.4) is 0 Å². The molecule has 0 unspecified atom stereocenters. The van der Waals surface area contributed by atoms with Gasteiger partial charge in [0, 0.05) is 7.05 Å². The number of fused-ring (bicyclic) bond motifs is 1. The van der Waals surface area contributed by atoms with E-state index in [0.29, 0.717) is 30.3 Å². The van der Waals surface area contributed by atoms with E-state index in [4.69, 9.17) is 20.1 Å². The number of rotatable bonds is 6. The van der Waals surface area contributed by atoms with Gasteiger partial charge < -0.3 is 19.1 Å². The Bertz CT molecular complexity index is 1100. The van der Waals surface area contributed by atoms with Gasteiger partial charge in [0.25, 0.3) is 0 Å². The molecule has 0 radical (unpaired) electrons. The molecule has 0 saturated carbocycles. The lowest BCUT2D eigenvalue weighted by Gasteiger charge is -2.18. The fourth-order valence-electron chi connectivity index (χ4n) is 3.48. The predicted molar refractivity (Wildman–Crippen MR) is 116 cm³/mol. The number of aromatic nitrogens is 2. The summed E-state index contributed by atoms with van der Waals surface area (Å²) in [4.78, 5) is 22.6. The van der Waals surface area contributed by atoms with Crippen LogP contribution in [0, 0.1) is 0 Å². The molecule has 0 saturated heterocycles. The first kappa shape index (κ1) is 20.4. The van der Waals surface area contributed by atoms with Gasteiger partial charge in [-0.2, -0.15) is 0 Å². The van der Waals surface area contributed by atoms with Crippen molar-refractivity contribution < 1.29 is 19.0 Å². The van der Waals surface area contributed by atoms with Gasteiger partial charge in [0.15, 0.2) is 5.69 Å². The third-order valence-corrected chi connectivity index (χ3v) is 5.02. The van der Waals surface area contributed by atoms with Gasteiger partial charge >= 0.3 is 5.97 Å². The van der Waals surface area contributed by atoms with Crippen LogP contribution in [0.15, 0.2) is 48.8 Å². The lowest BCUT2D eigenvalue weighted by molar-refractivity contribution is 0.0593. The quantitative estimate of drug-likeness (QED) is 0.475. The Labute approximate surface area is 180 Å². The van der Waals surface area contributed by atoms with Crippen LogP contribution in [0.2, 0.25) is 0 Å². The SMILES string of the molecule is COC(=O)c1cncc(-c2c(OCc3ccc(OC)cc3)ccc3c2N(N)CN3C)n1. The lowest BCUT2D eigenvalue weighted by Crippen LogP contribution is -2.34. The minimum absolute atomic E-state index is 0.105. The summed E-state index contributed by atoms with van der Waals surface area (Å²) in [5.41, 5.74) is 3.90. The number of esters is 1. The first-order chi connectivity index (χ1) is 15.0. The van der Waals surface area contributed by atoms with E-state index < -0.39 is 5.97 Å². The molecule has 31 heavy (non-hydrogen) atoms. The van der Waals surface area contributed by atoms with Crippen LogP contribution < -0.4 is 25.2 Å². The van der Waals surface area contributed by atoms with E-state index in [1.54, 1.807) is 18.3 Å². The third-order valence-electron chi connectivity index (χ3n) is 5.02. The van der Waals surface area contributed by atoms with Gasteiger partial charge in [0.05, 0.1) is 49.2 Å². The standard InChI is InChI=1S/C22H23N5O4/c1-26-13-27(23)21-18(26)8-9-19(31-12-14-4-6-15(29-2)7-5-14)20(21)16-10-24-11-17(25-16)22(28)30-3/h4-11H,12-13,23H2,1-3H3. The maximum atomic E-state index is 12.0. The summed E-state index contributed by atoms with van der Waals surface area (Å²) in [6.07, 6.45) is 2.94. The summed E-state index contributed by atoms with van der Waals surface area (Å²) in [5, 5.41) is 1.62. The third kappa shape index (κ3) is 3.95. The number of hydrogen-bond acceptors (Lipinski definition) is 9. The van der Waals surface area contributed by atoms with Gasteiger partial charge in [0.2, 0.25) is 0 Å². The first-order valence-corrected chi connectivity index (χ1v) is 9.58. The molecule has 2 heterocycles. The number of nitrogens with zero attached hydrogens (tertiary/aromatic N) is 4. The fourth-order valence-corrected chi connectivity index (χ4v) is 3.48. The number of nitrogens with two attached hydrogens (primary N) is 1. The molecule has 9 heteroatoms. The zero-order chi connectivity index (χ0) is 22.0. The van der Waals surface area contributed by atoms with E-state index in [0.717, 1.165) is 22.7 Å². The number of anilines is 2. The maximum Gasteiger partial charge on any atom is 0.358 e. The van der Waals surface area contributed by atoms with Gasteiger partial charge in [-0.15, -0.1) is 0 Å². The molecule has 1 aromatic heterocycles. The van der Waals surface area contributed by atoms with E-state index in [2.05, 4.69) is 9.97 Å². The highest BCUT2D eigenvalue weighted by Crippen LogP contribution is 2.46. The highest BCUT2D eigenvalue weighted by Gasteiger charge is 2.29. The van der Waals surface area contributed by atoms with Crippen LogP contribution >= 0.6 is 0 Å². The van der Waals surface area contributed by atoms with Crippen LogP contribution in [-0.2, 0) is 11.3 Å². The molecule has 3 aromatic rings. The van der Waals surface area contributed by atoms with E-state index in [-0.39, 0.29) is 5.69 Å². The number of hydrogen-bond donors (Lipinski definition) is 1. The number of hydrazine groups is 1. The minimum Gasteiger partial charge on any atom is -0.497 e. The lowest BCUT2D eigenvalue weighted by atomic mass is 10.1. The molecular formula is C22H23N5O4. The van der Waals surface area contributed by atoms with E-state index in [9.17, 15) is 4.79 Å². The number of ether oxygens (including phenoxy) is 3. The van der Waals surface area contributed by atoms with E-state index >= 15 is 0 Å². The van der Waals surface area contributed by atoms with Crippen LogP contribution in [-0.4, -0.2) is 43.9 Å². The van der Waals surface area contributed by atoms with Crippen molar-refractivity contribution in [2.24, 2.45) is 5.84 Å². The molecule has 0 atom stereocenters. The van der Waals surface area contributed by atoms with Crippen molar-refractivity contribution in [3.05, 3.63) is 60.0 Å². The van der Waals surface area contributed by atoms with Crippen LogP contribution in [0.25, 0.3) is 11.3 Å². The molecule has 4 rings (SSSR count). The number of carbonyl (C=O) groups excluding carboxylic acids is 1. The highest BCUT2D eigenvalue weighted by molar-refractivity contribution is 5.94. The van der Waals surface area contributed by atoms with Crippen LogP contribution in [0.5, 0.6) is 11.5 Å². The smallest absolute Gasteiger partial charge is 0.358 e. The molecular weight excluding hydrogens is 398 g/mol. The average Bonchev–Trinajstić information content (AvgIpc) is 3.10. The molecule has 0 amide bonds. The van der Waals surface area contributed by atoms with Crippen LogP contribution in [0.1, 0.15) is 16.1 Å². The summed E-state index contributed by atoms with van der Waals surface area (Å²) in [6, 6.07) is 11.5. The summed E-state index contributed by atoms with van der Waals surface area (Å²) in [6.45, 7) is 0.842.